The number of benzene rings is 1. The van der Waals surface area contributed by atoms with Crippen molar-refractivity contribution in [1.82, 2.24) is 24.1 Å². The number of amides is 1. The van der Waals surface area contributed by atoms with E-state index in [1.165, 1.54) is 41.0 Å². The summed E-state index contributed by atoms with van der Waals surface area (Å²) < 4.78 is 23.8. The first-order valence-electron chi connectivity index (χ1n) is 12.8. The number of hydrogen-bond acceptors (Lipinski definition) is 7. The Bertz CT molecular complexity index is 1730. The molecule has 1 aromatic carbocycles. The summed E-state index contributed by atoms with van der Waals surface area (Å²) in [5, 5.41) is 0.199. The number of hydrogen-bond donors (Lipinski definition) is 0. The Labute approximate surface area is 245 Å². The SMILES string of the molecule is COc1nc(N(C)C)ncc1-c1nc2c(n1C(C)C)C(c1ccc(Cl)c(F)c1)N(c1cc(Cl)cn(C)c1=O)C(=O)C2. The molecule has 0 radical (unpaired) electrons. The van der Waals surface area contributed by atoms with E-state index >= 15 is 0 Å². The van der Waals surface area contributed by atoms with Crippen LogP contribution in [0.4, 0.5) is 16.0 Å². The molecule has 0 bridgehead atoms. The van der Waals surface area contributed by atoms with E-state index in [4.69, 9.17) is 32.9 Å². The summed E-state index contributed by atoms with van der Waals surface area (Å²) in [7, 11) is 6.69. The van der Waals surface area contributed by atoms with Gasteiger partial charge >= 0.3 is 0 Å². The monoisotopic (exact) mass is 599 g/mol. The van der Waals surface area contributed by atoms with E-state index in [0.29, 0.717) is 40.2 Å². The predicted octanol–water partition coefficient (Wildman–Crippen LogP) is 4.82. The number of rotatable bonds is 6. The average molecular weight is 600 g/mol. The van der Waals surface area contributed by atoms with Gasteiger partial charge in [0.15, 0.2) is 0 Å². The minimum absolute atomic E-state index is 0.0605. The molecule has 13 heteroatoms. The second-order valence-corrected chi connectivity index (χ2v) is 11.0. The van der Waals surface area contributed by atoms with Gasteiger partial charge in [0.1, 0.15) is 23.4 Å². The van der Waals surface area contributed by atoms with Crippen LogP contribution in [0.3, 0.4) is 0 Å². The maximum Gasteiger partial charge on any atom is 0.274 e. The largest absolute Gasteiger partial charge is 0.480 e. The van der Waals surface area contributed by atoms with Crippen LogP contribution in [0.2, 0.25) is 10.0 Å². The second-order valence-electron chi connectivity index (χ2n) is 10.2. The fourth-order valence-corrected chi connectivity index (χ4v) is 5.46. The van der Waals surface area contributed by atoms with Gasteiger partial charge in [-0.05, 0) is 37.6 Å². The summed E-state index contributed by atoms with van der Waals surface area (Å²) in [4.78, 5) is 44.2. The van der Waals surface area contributed by atoms with Crippen LogP contribution in [0.5, 0.6) is 5.88 Å². The summed E-state index contributed by atoms with van der Waals surface area (Å²) in [6.07, 6.45) is 2.98. The third-order valence-corrected chi connectivity index (χ3v) is 7.38. The maximum absolute atomic E-state index is 14.9. The van der Waals surface area contributed by atoms with Crippen molar-refractivity contribution < 1.29 is 13.9 Å². The van der Waals surface area contributed by atoms with Gasteiger partial charge in [0.05, 0.1) is 40.5 Å². The van der Waals surface area contributed by atoms with Crippen molar-refractivity contribution in [2.75, 3.05) is 31.0 Å². The molecule has 0 fully saturated rings. The molecule has 1 unspecified atom stereocenters. The number of aromatic nitrogens is 5. The Balaban J connectivity index is 1.84. The van der Waals surface area contributed by atoms with Crippen molar-refractivity contribution in [3.8, 4) is 17.3 Å². The number of fused-ring (bicyclic) bond motifs is 1. The van der Waals surface area contributed by atoms with E-state index in [1.54, 1.807) is 24.2 Å². The van der Waals surface area contributed by atoms with E-state index in [1.807, 2.05) is 32.5 Å². The highest BCUT2D eigenvalue weighted by atomic mass is 35.5. The molecule has 0 N–H and O–H groups in total. The smallest absolute Gasteiger partial charge is 0.274 e. The zero-order chi connectivity index (χ0) is 29.7. The molecule has 214 valence electrons. The molecule has 1 aliphatic heterocycles. The molecular formula is C28H28Cl2FN7O3. The van der Waals surface area contributed by atoms with E-state index < -0.39 is 23.3 Å². The Hall–Kier alpha value is -3.96. The molecule has 0 saturated heterocycles. The number of imidazole rings is 1. The number of aryl methyl sites for hydroxylation is 1. The lowest BCUT2D eigenvalue weighted by atomic mass is 9.93. The van der Waals surface area contributed by atoms with Crippen LogP contribution < -0.4 is 20.1 Å². The Morgan fingerprint density at radius 2 is 1.88 bits per heavy atom. The first kappa shape index (κ1) is 28.6. The molecule has 0 saturated carbocycles. The first-order chi connectivity index (χ1) is 19.4. The molecule has 4 aromatic rings. The highest BCUT2D eigenvalue weighted by molar-refractivity contribution is 6.31. The zero-order valence-corrected chi connectivity index (χ0v) is 24.8. The zero-order valence-electron chi connectivity index (χ0n) is 23.3. The fraction of sp³-hybridized carbons (Fsp3) is 0.321. The third kappa shape index (κ3) is 4.93. The number of halogens is 3. The van der Waals surface area contributed by atoms with Crippen LogP contribution in [-0.2, 0) is 18.3 Å². The fourth-order valence-electron chi connectivity index (χ4n) is 5.09. The van der Waals surface area contributed by atoms with Crippen molar-refractivity contribution >= 4 is 40.7 Å². The van der Waals surface area contributed by atoms with Crippen LogP contribution in [0, 0.1) is 5.82 Å². The minimum Gasteiger partial charge on any atom is -0.480 e. The van der Waals surface area contributed by atoms with E-state index in [0.717, 1.165) is 0 Å². The van der Waals surface area contributed by atoms with E-state index in [-0.39, 0.29) is 28.2 Å². The number of ether oxygens (including phenoxy) is 1. The van der Waals surface area contributed by atoms with Gasteiger partial charge in [-0.25, -0.2) is 14.4 Å². The standard InChI is InChI=1S/C28H28Cl2FN7O3/c1-14(2)37-24-20(33-25(37)17-12-32-28(35(3)4)34-26(17)41-6)11-22(39)38(21-10-16(29)13-36(5)27(21)40)23(24)15-7-8-18(30)19(31)9-15/h7-10,12-14,23H,11H2,1-6H3. The average Bonchev–Trinajstić information content (AvgIpc) is 3.30. The van der Waals surface area contributed by atoms with Crippen molar-refractivity contribution in [2.45, 2.75) is 32.4 Å². The Morgan fingerprint density at radius 1 is 1.15 bits per heavy atom. The molecule has 41 heavy (non-hydrogen) atoms. The van der Waals surface area contributed by atoms with Gasteiger partial charge in [0, 0.05) is 39.6 Å². The number of anilines is 2. The summed E-state index contributed by atoms with van der Waals surface area (Å²) in [6, 6.07) is 4.65. The first-order valence-corrected chi connectivity index (χ1v) is 13.5. The summed E-state index contributed by atoms with van der Waals surface area (Å²) in [6.45, 7) is 3.93. The molecule has 10 nitrogen and oxygen atoms in total. The molecule has 0 aliphatic carbocycles. The lowest BCUT2D eigenvalue weighted by molar-refractivity contribution is -0.118. The van der Waals surface area contributed by atoms with Crippen LogP contribution in [0.15, 0.2) is 41.5 Å². The number of methoxy groups -OCH3 is 1. The van der Waals surface area contributed by atoms with Crippen LogP contribution in [0.25, 0.3) is 11.4 Å². The number of carbonyl (C=O) groups is 1. The van der Waals surface area contributed by atoms with Crippen molar-refractivity contribution in [3.05, 3.63) is 79.8 Å². The Kier molecular flexibility index (Phi) is 7.52. The molecule has 5 rings (SSSR count). The molecule has 3 aromatic heterocycles. The predicted molar refractivity (Wildman–Crippen MR) is 156 cm³/mol. The summed E-state index contributed by atoms with van der Waals surface area (Å²) >= 11 is 12.4. The number of nitrogens with zero attached hydrogens (tertiary/aromatic N) is 7. The minimum atomic E-state index is -0.930. The maximum atomic E-state index is 14.9. The van der Waals surface area contributed by atoms with Crippen LogP contribution >= 0.6 is 23.2 Å². The topological polar surface area (TPSA) is 98.4 Å². The lowest BCUT2D eigenvalue weighted by Crippen LogP contribution is -2.45. The van der Waals surface area contributed by atoms with E-state index in [9.17, 15) is 14.0 Å². The highest BCUT2D eigenvalue weighted by Crippen LogP contribution is 2.43. The molecule has 0 spiro atoms. The normalized spacial score (nSPS) is 14.9. The molecule has 1 amide bonds. The third-order valence-electron chi connectivity index (χ3n) is 6.87. The van der Waals surface area contributed by atoms with Gasteiger partial charge in [0.25, 0.3) is 5.56 Å². The van der Waals surface area contributed by atoms with Gasteiger partial charge < -0.3 is 18.8 Å². The van der Waals surface area contributed by atoms with Gasteiger partial charge in [0.2, 0.25) is 17.7 Å². The van der Waals surface area contributed by atoms with Gasteiger partial charge in [-0.15, -0.1) is 0 Å². The van der Waals surface area contributed by atoms with Gasteiger partial charge in [-0.2, -0.15) is 4.98 Å². The van der Waals surface area contributed by atoms with Crippen LogP contribution in [-0.4, -0.2) is 51.2 Å². The Morgan fingerprint density at radius 3 is 2.51 bits per heavy atom. The van der Waals surface area contributed by atoms with Crippen molar-refractivity contribution in [3.63, 3.8) is 0 Å². The van der Waals surface area contributed by atoms with Crippen LogP contribution in [0.1, 0.15) is 42.9 Å². The highest BCUT2D eigenvalue weighted by Gasteiger charge is 2.42. The summed E-state index contributed by atoms with van der Waals surface area (Å²) in [5.41, 5.74) is 1.63. The second kappa shape index (κ2) is 10.8. The quantitative estimate of drug-likeness (QED) is 0.313. The number of carbonyl (C=O) groups excluding carboxylic acids is 1. The van der Waals surface area contributed by atoms with E-state index in [2.05, 4.69) is 9.97 Å². The lowest BCUT2D eigenvalue weighted by Gasteiger charge is -2.37. The molecule has 1 atom stereocenters. The van der Waals surface area contributed by atoms with Crippen molar-refractivity contribution in [2.24, 2.45) is 7.05 Å². The van der Waals surface area contributed by atoms with Crippen molar-refractivity contribution in [1.29, 1.82) is 0 Å². The summed E-state index contributed by atoms with van der Waals surface area (Å²) in [5.74, 6) is 0.163. The molecule has 1 aliphatic rings. The van der Waals surface area contributed by atoms with Gasteiger partial charge in [-0.3, -0.25) is 14.5 Å². The number of pyridine rings is 1. The molecular weight excluding hydrogens is 572 g/mol. The molecule has 4 heterocycles. The van der Waals surface area contributed by atoms with Gasteiger partial charge in [-0.1, -0.05) is 29.3 Å².